The first-order valence-corrected chi connectivity index (χ1v) is 7.54. The number of hydrogen-bond acceptors (Lipinski definition) is 2. The fraction of sp³-hybridized carbons (Fsp3) is 0.471. The smallest absolute Gasteiger partial charge is 0.253 e. The van der Waals surface area contributed by atoms with E-state index in [2.05, 4.69) is 23.3 Å². The lowest BCUT2D eigenvalue weighted by Gasteiger charge is -2.13. The van der Waals surface area contributed by atoms with E-state index >= 15 is 0 Å². The lowest BCUT2D eigenvalue weighted by Crippen LogP contribution is -2.36. The number of nitrogens with one attached hydrogen (secondary N) is 1. The second kappa shape index (κ2) is 5.43. The molecule has 4 heteroatoms. The molecule has 1 aromatic carbocycles. The van der Waals surface area contributed by atoms with Crippen molar-refractivity contribution >= 4 is 17.9 Å². The molecule has 21 heavy (non-hydrogen) atoms. The molecule has 0 bridgehead atoms. The maximum absolute atomic E-state index is 12.1. The van der Waals surface area contributed by atoms with Crippen LogP contribution in [0.15, 0.2) is 17.1 Å². The molecule has 1 heterocycles. The van der Waals surface area contributed by atoms with E-state index in [0.717, 1.165) is 29.0 Å². The van der Waals surface area contributed by atoms with Crippen molar-refractivity contribution < 1.29 is 9.59 Å². The average molecular weight is 284 g/mol. The van der Waals surface area contributed by atoms with Gasteiger partial charge in [-0.3, -0.25) is 9.59 Å². The summed E-state index contributed by atoms with van der Waals surface area (Å²) in [6.45, 7) is 4.62. The first-order chi connectivity index (χ1) is 10.0. The van der Waals surface area contributed by atoms with Gasteiger partial charge in [0, 0.05) is 12.5 Å². The summed E-state index contributed by atoms with van der Waals surface area (Å²) in [5.41, 5.74) is 2.35. The second-order valence-corrected chi connectivity index (χ2v) is 6.07. The molecule has 1 fully saturated rings. The first-order valence-electron chi connectivity index (χ1n) is 7.54. The molecule has 0 aromatic heterocycles. The standard InChI is InChI=1S/C17H20N2O2/c1-10-7-14-9-13(5-6-18-16(20)12-3-4-12)17(21)19-15(14)8-11(10)2/h7-9,12-13H,3-6H2,1-2H3,(H,18,20). The molecule has 2 amide bonds. The highest BCUT2D eigenvalue weighted by atomic mass is 16.2. The fourth-order valence-corrected chi connectivity index (χ4v) is 2.59. The van der Waals surface area contributed by atoms with Gasteiger partial charge in [-0.15, -0.1) is 0 Å². The van der Waals surface area contributed by atoms with E-state index in [9.17, 15) is 9.59 Å². The van der Waals surface area contributed by atoms with Crippen molar-refractivity contribution in [3.8, 4) is 0 Å². The third-order valence-electron chi connectivity index (χ3n) is 4.27. The van der Waals surface area contributed by atoms with Crippen molar-refractivity contribution in [1.29, 1.82) is 0 Å². The van der Waals surface area contributed by atoms with Crippen LogP contribution in [0.4, 0.5) is 0 Å². The van der Waals surface area contributed by atoms with Gasteiger partial charge in [-0.1, -0.05) is 6.08 Å². The molecule has 0 saturated heterocycles. The van der Waals surface area contributed by atoms with Gasteiger partial charge in [-0.25, -0.2) is 4.99 Å². The highest BCUT2D eigenvalue weighted by Crippen LogP contribution is 2.28. The molecule has 1 atom stereocenters. The van der Waals surface area contributed by atoms with Crippen molar-refractivity contribution in [2.45, 2.75) is 33.1 Å². The molecular formula is C17H20N2O2. The summed E-state index contributed by atoms with van der Waals surface area (Å²) < 4.78 is 0. The van der Waals surface area contributed by atoms with E-state index in [0.29, 0.717) is 13.0 Å². The van der Waals surface area contributed by atoms with Crippen LogP contribution in [0, 0.1) is 25.7 Å². The summed E-state index contributed by atoms with van der Waals surface area (Å²) in [6, 6.07) is 4.04. The highest BCUT2D eigenvalue weighted by Gasteiger charge is 2.29. The largest absolute Gasteiger partial charge is 0.356 e. The number of carbonyl (C=O) groups is 2. The van der Waals surface area contributed by atoms with Crippen molar-refractivity contribution in [3.63, 3.8) is 0 Å². The topological polar surface area (TPSA) is 58.5 Å². The molecule has 110 valence electrons. The lowest BCUT2D eigenvalue weighted by atomic mass is 9.98. The average Bonchev–Trinajstić information content (AvgIpc) is 3.26. The van der Waals surface area contributed by atoms with Gasteiger partial charge in [-0.2, -0.15) is 0 Å². The van der Waals surface area contributed by atoms with Crippen molar-refractivity contribution in [2.24, 2.45) is 16.8 Å². The number of amides is 2. The van der Waals surface area contributed by atoms with Gasteiger partial charge in [0.05, 0.1) is 11.3 Å². The third-order valence-corrected chi connectivity index (χ3v) is 4.27. The molecule has 0 radical (unpaired) electrons. The Kier molecular flexibility index (Phi) is 3.62. The second-order valence-electron chi connectivity index (χ2n) is 6.07. The summed E-state index contributed by atoms with van der Waals surface area (Å²) in [7, 11) is 0. The molecule has 1 aliphatic heterocycles. The molecule has 0 spiro atoms. The minimum atomic E-state index is -0.223. The number of hydrogen-bond donors (Lipinski definition) is 1. The maximum Gasteiger partial charge on any atom is 0.253 e. The Bertz CT molecular complexity index is 717. The van der Waals surface area contributed by atoms with Crippen LogP contribution in [-0.4, -0.2) is 18.4 Å². The number of nitrogens with zero attached hydrogens (tertiary/aromatic N) is 1. The Hall–Kier alpha value is -1.97. The molecular weight excluding hydrogens is 264 g/mol. The molecule has 1 saturated carbocycles. The highest BCUT2D eigenvalue weighted by molar-refractivity contribution is 5.86. The molecule has 3 rings (SSSR count). The lowest BCUT2D eigenvalue weighted by molar-refractivity contribution is -0.123. The van der Waals surface area contributed by atoms with Crippen LogP contribution in [0.2, 0.25) is 0 Å². The van der Waals surface area contributed by atoms with Crippen LogP contribution < -0.4 is 15.9 Å². The Morgan fingerprint density at radius 1 is 1.29 bits per heavy atom. The summed E-state index contributed by atoms with van der Waals surface area (Å²) in [5.74, 6) is 0.0136. The molecule has 4 nitrogen and oxygen atoms in total. The van der Waals surface area contributed by atoms with E-state index in [1.165, 1.54) is 5.56 Å². The Balaban J connectivity index is 1.71. The van der Waals surface area contributed by atoms with E-state index in [1.807, 2.05) is 19.1 Å². The fourth-order valence-electron chi connectivity index (χ4n) is 2.59. The van der Waals surface area contributed by atoms with Crippen molar-refractivity contribution in [3.05, 3.63) is 33.8 Å². The number of fused-ring (bicyclic) bond motifs is 1. The summed E-state index contributed by atoms with van der Waals surface area (Å²) in [5, 5.41) is 4.69. The number of benzene rings is 1. The zero-order valence-electron chi connectivity index (χ0n) is 12.5. The van der Waals surface area contributed by atoms with E-state index in [4.69, 9.17) is 0 Å². The van der Waals surface area contributed by atoms with Crippen LogP contribution in [0.5, 0.6) is 0 Å². The van der Waals surface area contributed by atoms with E-state index in [-0.39, 0.29) is 23.7 Å². The van der Waals surface area contributed by atoms with Crippen LogP contribution in [-0.2, 0) is 9.59 Å². The van der Waals surface area contributed by atoms with E-state index in [1.54, 1.807) is 0 Å². The van der Waals surface area contributed by atoms with Gasteiger partial charge in [0.15, 0.2) is 0 Å². The van der Waals surface area contributed by atoms with Gasteiger partial charge in [-0.05, 0) is 61.6 Å². The van der Waals surface area contributed by atoms with Crippen LogP contribution >= 0.6 is 0 Å². The minimum absolute atomic E-state index is 0.105. The maximum atomic E-state index is 12.1. The summed E-state index contributed by atoms with van der Waals surface area (Å²) in [4.78, 5) is 27.8. The van der Waals surface area contributed by atoms with Crippen molar-refractivity contribution in [2.75, 3.05) is 6.54 Å². The zero-order valence-corrected chi connectivity index (χ0v) is 12.5. The molecule has 1 aromatic rings. The van der Waals surface area contributed by atoms with Gasteiger partial charge >= 0.3 is 0 Å². The normalized spacial score (nSPS) is 20.3. The molecule has 1 aliphatic carbocycles. The Labute approximate surface area is 124 Å². The zero-order chi connectivity index (χ0) is 15.0. The minimum Gasteiger partial charge on any atom is -0.356 e. The van der Waals surface area contributed by atoms with Crippen LogP contribution in [0.25, 0.3) is 6.08 Å². The predicted molar refractivity (Wildman–Crippen MR) is 80.0 cm³/mol. The van der Waals surface area contributed by atoms with Gasteiger partial charge in [0.25, 0.3) is 5.91 Å². The predicted octanol–water partition coefficient (Wildman–Crippen LogP) is 0.776. The Morgan fingerprint density at radius 3 is 2.71 bits per heavy atom. The molecule has 2 aliphatic rings. The number of aryl methyl sites for hydroxylation is 2. The monoisotopic (exact) mass is 284 g/mol. The van der Waals surface area contributed by atoms with Crippen molar-refractivity contribution in [1.82, 2.24) is 5.32 Å². The molecule has 1 unspecified atom stereocenters. The summed E-state index contributed by atoms with van der Waals surface area (Å²) >= 11 is 0. The Morgan fingerprint density at radius 2 is 2.00 bits per heavy atom. The third kappa shape index (κ3) is 3.04. The van der Waals surface area contributed by atoms with Gasteiger partial charge in [0.1, 0.15) is 0 Å². The SMILES string of the molecule is Cc1cc2c(cc1C)=NC(=O)C(CCNC(=O)C1CC1)C=2. The van der Waals surface area contributed by atoms with Gasteiger partial charge in [0.2, 0.25) is 5.91 Å². The summed E-state index contributed by atoms with van der Waals surface area (Å²) in [6.07, 6.45) is 4.61. The van der Waals surface area contributed by atoms with Crippen LogP contribution in [0.3, 0.4) is 0 Å². The quantitative estimate of drug-likeness (QED) is 0.888. The number of rotatable bonds is 4. The first kappa shape index (κ1) is 14.0. The van der Waals surface area contributed by atoms with E-state index < -0.39 is 0 Å². The van der Waals surface area contributed by atoms with Crippen LogP contribution in [0.1, 0.15) is 30.4 Å². The molecule has 1 N–H and O–H groups in total. The number of carbonyl (C=O) groups excluding carboxylic acids is 2. The van der Waals surface area contributed by atoms with Gasteiger partial charge < -0.3 is 5.32 Å².